The molecule has 0 saturated carbocycles. The minimum Gasteiger partial charge on any atom is -0.506 e. The van der Waals surface area contributed by atoms with E-state index in [0.717, 1.165) is 45.7 Å². The van der Waals surface area contributed by atoms with E-state index in [-0.39, 0.29) is 5.75 Å². The molecule has 0 spiro atoms. The van der Waals surface area contributed by atoms with E-state index >= 15 is 0 Å². The summed E-state index contributed by atoms with van der Waals surface area (Å²) in [6.45, 7) is 6.35. The Balaban J connectivity index is 1.34. The Morgan fingerprint density at radius 2 is 1.59 bits per heavy atom. The predicted octanol–water partition coefficient (Wildman–Crippen LogP) is 1.60. The largest absolute Gasteiger partial charge is 0.506 e. The number of aromatic nitrogens is 2. The number of hydrogen-bond donors (Lipinski definition) is 2. The zero-order valence-electron chi connectivity index (χ0n) is 16.4. The van der Waals surface area contributed by atoms with E-state index in [1.54, 1.807) is 12.1 Å². The highest BCUT2D eigenvalue weighted by Gasteiger charge is 2.17. The summed E-state index contributed by atoms with van der Waals surface area (Å²) in [5.41, 5.74) is 0.711. The standard InChI is InChI=1S/C22H26N4O3/c27-19-9-4-8-18-20(19)26(22(29)23-21(18)28)11-5-10-24-12-14-25(15-13-24)16-17-6-2-1-3-7-17/h1-4,6-9,27H,5,10-16H2,(H,23,28,29). The molecule has 4 rings (SSSR count). The summed E-state index contributed by atoms with van der Waals surface area (Å²) in [6.07, 6.45) is 0.772. The molecule has 0 unspecified atom stereocenters. The van der Waals surface area contributed by atoms with E-state index in [1.165, 1.54) is 16.2 Å². The number of phenols is 1. The lowest BCUT2D eigenvalue weighted by atomic mass is 10.2. The topological polar surface area (TPSA) is 81.6 Å². The number of rotatable bonds is 6. The highest BCUT2D eigenvalue weighted by Crippen LogP contribution is 2.20. The van der Waals surface area contributed by atoms with Crippen LogP contribution in [0.5, 0.6) is 5.75 Å². The minimum absolute atomic E-state index is 0.0415. The van der Waals surface area contributed by atoms with Crippen LogP contribution in [0.2, 0.25) is 0 Å². The third-order valence-corrected chi connectivity index (χ3v) is 5.56. The molecule has 152 valence electrons. The van der Waals surface area contributed by atoms with Crippen molar-refractivity contribution < 1.29 is 5.11 Å². The molecule has 1 aliphatic rings. The normalized spacial score (nSPS) is 15.7. The van der Waals surface area contributed by atoms with Crippen molar-refractivity contribution in [3.63, 3.8) is 0 Å². The Labute approximate surface area is 168 Å². The van der Waals surface area contributed by atoms with Gasteiger partial charge in [0.05, 0.1) is 5.39 Å². The molecule has 1 aliphatic heterocycles. The smallest absolute Gasteiger partial charge is 0.328 e. The van der Waals surface area contributed by atoms with Crippen molar-refractivity contribution in [3.05, 3.63) is 74.9 Å². The van der Waals surface area contributed by atoms with Gasteiger partial charge in [0.1, 0.15) is 11.3 Å². The molecule has 3 aromatic rings. The van der Waals surface area contributed by atoms with Gasteiger partial charge in [-0.05, 0) is 30.7 Å². The summed E-state index contributed by atoms with van der Waals surface area (Å²) in [5, 5.41) is 10.5. The minimum atomic E-state index is -0.475. The second kappa shape index (κ2) is 8.63. The van der Waals surface area contributed by atoms with Gasteiger partial charge in [-0.15, -0.1) is 0 Å². The van der Waals surface area contributed by atoms with E-state index in [9.17, 15) is 14.7 Å². The number of fused-ring (bicyclic) bond motifs is 1. The van der Waals surface area contributed by atoms with Crippen LogP contribution >= 0.6 is 0 Å². The molecule has 0 bridgehead atoms. The van der Waals surface area contributed by atoms with Crippen LogP contribution in [0.3, 0.4) is 0 Å². The summed E-state index contributed by atoms with van der Waals surface area (Å²) >= 11 is 0. The molecular weight excluding hydrogens is 368 g/mol. The van der Waals surface area contributed by atoms with E-state index in [0.29, 0.717) is 17.4 Å². The molecule has 0 atom stereocenters. The molecule has 1 fully saturated rings. The van der Waals surface area contributed by atoms with E-state index in [4.69, 9.17) is 0 Å². The zero-order chi connectivity index (χ0) is 20.2. The second-order valence-electron chi connectivity index (χ2n) is 7.54. The lowest BCUT2D eigenvalue weighted by Gasteiger charge is -2.34. The molecule has 0 aliphatic carbocycles. The van der Waals surface area contributed by atoms with Gasteiger partial charge in [-0.3, -0.25) is 19.2 Å². The Kier molecular flexibility index (Phi) is 5.78. The molecule has 2 heterocycles. The zero-order valence-corrected chi connectivity index (χ0v) is 16.4. The second-order valence-corrected chi connectivity index (χ2v) is 7.54. The molecule has 29 heavy (non-hydrogen) atoms. The molecule has 2 N–H and O–H groups in total. The number of hydrogen-bond acceptors (Lipinski definition) is 5. The maximum absolute atomic E-state index is 12.3. The van der Waals surface area contributed by atoms with Gasteiger partial charge < -0.3 is 10.0 Å². The van der Waals surface area contributed by atoms with E-state index in [2.05, 4.69) is 39.0 Å². The van der Waals surface area contributed by atoms with Gasteiger partial charge in [0, 0.05) is 39.3 Å². The Bertz CT molecular complexity index is 1080. The third-order valence-electron chi connectivity index (χ3n) is 5.56. The van der Waals surface area contributed by atoms with Gasteiger partial charge in [-0.1, -0.05) is 36.4 Å². The number of benzene rings is 2. The van der Waals surface area contributed by atoms with Crippen LogP contribution in [0.15, 0.2) is 58.1 Å². The number of nitrogens with one attached hydrogen (secondary N) is 1. The van der Waals surface area contributed by atoms with Gasteiger partial charge in [-0.25, -0.2) is 4.79 Å². The van der Waals surface area contributed by atoms with Crippen molar-refractivity contribution in [2.75, 3.05) is 32.7 Å². The first-order valence-corrected chi connectivity index (χ1v) is 10.1. The SMILES string of the molecule is O=c1[nH]c(=O)n(CCCN2CCN(Cc3ccccc3)CC2)c2c(O)cccc12. The summed E-state index contributed by atoms with van der Waals surface area (Å²) in [4.78, 5) is 31.5. The van der Waals surface area contributed by atoms with Crippen LogP contribution in [0, 0.1) is 0 Å². The number of aromatic hydroxyl groups is 1. The summed E-state index contributed by atoms with van der Waals surface area (Å²) in [5.74, 6) is -0.0415. The fraction of sp³-hybridized carbons (Fsp3) is 0.364. The number of para-hydroxylation sites is 1. The average molecular weight is 394 g/mol. The molecule has 0 radical (unpaired) electrons. The molecule has 7 nitrogen and oxygen atoms in total. The van der Waals surface area contributed by atoms with Crippen LogP contribution in [-0.2, 0) is 13.1 Å². The monoisotopic (exact) mass is 394 g/mol. The summed E-state index contributed by atoms with van der Waals surface area (Å²) in [7, 11) is 0. The van der Waals surface area contributed by atoms with Crippen LogP contribution < -0.4 is 11.2 Å². The summed E-state index contributed by atoms with van der Waals surface area (Å²) in [6, 6.07) is 15.2. The van der Waals surface area contributed by atoms with Crippen molar-refractivity contribution in [1.82, 2.24) is 19.4 Å². The van der Waals surface area contributed by atoms with Gasteiger partial charge in [-0.2, -0.15) is 0 Å². The number of phenolic OH excluding ortho intramolecular Hbond substituents is 1. The quantitative estimate of drug-likeness (QED) is 0.664. The molecule has 1 aromatic heterocycles. The number of aryl methyl sites for hydroxylation is 1. The molecular formula is C22H26N4O3. The van der Waals surface area contributed by atoms with Crippen molar-refractivity contribution in [3.8, 4) is 5.75 Å². The third kappa shape index (κ3) is 4.41. The predicted molar refractivity (Wildman–Crippen MR) is 113 cm³/mol. The first kappa shape index (κ1) is 19.4. The van der Waals surface area contributed by atoms with Gasteiger partial charge in [0.2, 0.25) is 0 Å². The van der Waals surface area contributed by atoms with Gasteiger partial charge >= 0.3 is 5.69 Å². The Morgan fingerprint density at radius 1 is 0.862 bits per heavy atom. The molecule has 2 aromatic carbocycles. The van der Waals surface area contributed by atoms with E-state index < -0.39 is 11.2 Å². The highest BCUT2D eigenvalue weighted by molar-refractivity contribution is 5.83. The van der Waals surface area contributed by atoms with Crippen LogP contribution in [0.4, 0.5) is 0 Å². The lowest BCUT2D eigenvalue weighted by Crippen LogP contribution is -2.46. The number of H-pyrrole nitrogens is 1. The Hall–Kier alpha value is -2.90. The maximum atomic E-state index is 12.3. The molecule has 1 saturated heterocycles. The highest BCUT2D eigenvalue weighted by atomic mass is 16.3. The maximum Gasteiger partial charge on any atom is 0.328 e. The first-order valence-electron chi connectivity index (χ1n) is 10.1. The first-order chi connectivity index (χ1) is 14.1. The number of piperazine rings is 1. The lowest BCUT2D eigenvalue weighted by molar-refractivity contribution is 0.125. The van der Waals surface area contributed by atoms with Crippen molar-refractivity contribution in [2.45, 2.75) is 19.5 Å². The van der Waals surface area contributed by atoms with Gasteiger partial charge in [0.15, 0.2) is 0 Å². The van der Waals surface area contributed by atoms with Crippen molar-refractivity contribution in [1.29, 1.82) is 0 Å². The molecule has 7 heteroatoms. The Morgan fingerprint density at radius 3 is 2.34 bits per heavy atom. The fourth-order valence-electron chi connectivity index (χ4n) is 4.01. The van der Waals surface area contributed by atoms with E-state index in [1.807, 2.05) is 6.07 Å². The van der Waals surface area contributed by atoms with Crippen LogP contribution in [-0.4, -0.2) is 57.2 Å². The number of nitrogens with zero attached hydrogens (tertiary/aromatic N) is 3. The van der Waals surface area contributed by atoms with Gasteiger partial charge in [0.25, 0.3) is 5.56 Å². The average Bonchev–Trinajstić information content (AvgIpc) is 2.73. The fourth-order valence-corrected chi connectivity index (χ4v) is 4.01. The van der Waals surface area contributed by atoms with Crippen LogP contribution in [0.25, 0.3) is 10.9 Å². The number of aromatic amines is 1. The van der Waals surface area contributed by atoms with Crippen molar-refractivity contribution in [2.24, 2.45) is 0 Å². The van der Waals surface area contributed by atoms with Crippen molar-refractivity contribution >= 4 is 10.9 Å². The molecule has 0 amide bonds. The van der Waals surface area contributed by atoms with Crippen LogP contribution in [0.1, 0.15) is 12.0 Å². The summed E-state index contributed by atoms with van der Waals surface area (Å²) < 4.78 is 1.47.